The van der Waals surface area contributed by atoms with Crippen molar-refractivity contribution in [3.63, 3.8) is 0 Å². The van der Waals surface area contributed by atoms with E-state index in [1.54, 1.807) is 0 Å². The van der Waals surface area contributed by atoms with Crippen molar-refractivity contribution in [1.82, 2.24) is 9.13 Å². The zero-order valence-corrected chi connectivity index (χ0v) is 71.0. The van der Waals surface area contributed by atoms with E-state index in [1.165, 1.54) is 142 Å². The summed E-state index contributed by atoms with van der Waals surface area (Å²) in [6, 6.07) is 127. The number of hydrogen-bond donors (Lipinski definition) is 0. The maximum atomic E-state index is 2.76. The molecule has 2 aliphatic rings. The van der Waals surface area contributed by atoms with E-state index in [1.807, 2.05) is 0 Å². The lowest BCUT2D eigenvalue weighted by Crippen LogP contribution is -2.61. The largest absolute Gasteiger partial charge is 0.310 e. The minimum Gasteiger partial charge on any atom is -0.310 e. The van der Waals surface area contributed by atoms with E-state index in [0.29, 0.717) is 0 Å². The molecule has 578 valence electrons. The third-order valence-electron chi connectivity index (χ3n) is 26.3. The van der Waals surface area contributed by atoms with Crippen LogP contribution in [-0.2, 0) is 27.1 Å². The number of benzene rings is 17. The predicted octanol–water partition coefficient (Wildman–Crippen LogP) is 29.7. The van der Waals surface area contributed by atoms with Crippen LogP contribution < -0.4 is 26.2 Å². The van der Waals surface area contributed by atoms with Gasteiger partial charge in [0.15, 0.2) is 0 Å². The first-order valence-corrected chi connectivity index (χ1v) is 42.7. The molecule has 0 radical (unpaired) electrons. The molecular formula is C114H99BN4. The fourth-order valence-electron chi connectivity index (χ4n) is 19.9. The molecule has 2 aromatic heterocycles. The molecule has 0 saturated carbocycles. The lowest BCUT2D eigenvalue weighted by atomic mass is 9.33. The van der Waals surface area contributed by atoms with Crippen molar-refractivity contribution in [3.8, 4) is 55.9 Å². The first-order chi connectivity index (χ1) is 57.2. The quantitative estimate of drug-likeness (QED) is 0.111. The van der Waals surface area contributed by atoms with Gasteiger partial charge in [0, 0.05) is 77.9 Å². The molecule has 0 aliphatic carbocycles. The Kier molecular flexibility index (Phi) is 16.6. The molecule has 4 heterocycles. The molecule has 4 nitrogen and oxygen atoms in total. The van der Waals surface area contributed by atoms with Crippen LogP contribution >= 0.6 is 0 Å². The summed E-state index contributed by atoms with van der Waals surface area (Å²) in [6.45, 7) is 35.1. The molecule has 21 rings (SSSR count). The van der Waals surface area contributed by atoms with Gasteiger partial charge in [0.05, 0.1) is 33.4 Å². The van der Waals surface area contributed by atoms with Gasteiger partial charge in [-0.1, -0.05) is 347 Å². The number of anilines is 6. The number of nitrogens with zero attached hydrogens (tertiary/aromatic N) is 4. The maximum Gasteiger partial charge on any atom is 0.252 e. The van der Waals surface area contributed by atoms with Gasteiger partial charge in [-0.05, 0) is 222 Å². The molecule has 19 aromatic rings. The second kappa shape index (κ2) is 26.8. The number of hydrogen-bond acceptors (Lipinski definition) is 2. The predicted molar refractivity (Wildman–Crippen MR) is 514 cm³/mol. The Morgan fingerprint density at radius 2 is 0.529 bits per heavy atom. The Balaban J connectivity index is 0.936. The van der Waals surface area contributed by atoms with Gasteiger partial charge < -0.3 is 18.9 Å². The molecule has 119 heavy (non-hydrogen) atoms. The fraction of sp³-hybridized carbons (Fsp3) is 0.175. The first-order valence-electron chi connectivity index (χ1n) is 42.7. The van der Waals surface area contributed by atoms with Gasteiger partial charge in [-0.3, -0.25) is 0 Å². The van der Waals surface area contributed by atoms with Crippen LogP contribution in [0.25, 0.3) is 143 Å². The fourth-order valence-corrected chi connectivity index (χ4v) is 19.9. The highest BCUT2D eigenvalue weighted by Gasteiger charge is 2.47. The Morgan fingerprint density at radius 1 is 0.210 bits per heavy atom. The van der Waals surface area contributed by atoms with E-state index in [2.05, 4.69) is 450 Å². The zero-order valence-electron chi connectivity index (χ0n) is 71.0. The van der Waals surface area contributed by atoms with Gasteiger partial charge in [-0.25, -0.2) is 0 Å². The summed E-state index contributed by atoms with van der Waals surface area (Å²) in [5, 5.41) is 14.8. The molecule has 0 saturated heterocycles. The summed E-state index contributed by atoms with van der Waals surface area (Å²) in [7, 11) is 0. The van der Waals surface area contributed by atoms with Gasteiger partial charge in [-0.2, -0.15) is 0 Å². The average Bonchev–Trinajstić information content (AvgIpc) is 0.995. The summed E-state index contributed by atoms with van der Waals surface area (Å²) in [6.07, 6.45) is 0. The molecule has 0 N–H and O–H groups in total. The molecule has 0 bridgehead atoms. The normalized spacial score (nSPS) is 13.3. The summed E-state index contributed by atoms with van der Waals surface area (Å²) in [5.41, 5.74) is 32.4. The van der Waals surface area contributed by atoms with Gasteiger partial charge in [0.2, 0.25) is 0 Å². The highest BCUT2D eigenvalue weighted by atomic mass is 15.2. The molecule has 0 atom stereocenters. The van der Waals surface area contributed by atoms with E-state index < -0.39 is 0 Å². The zero-order chi connectivity index (χ0) is 81.7. The molecule has 0 unspecified atom stereocenters. The minimum atomic E-state index is -0.374. The first kappa shape index (κ1) is 73.7. The Hall–Kier alpha value is -13.0. The SMILES string of the molecule is CC(C)(C)c1cc2c3c(c1)N(c1c(-c4ccccc4)cccc1-c1cccc4c1ccc1ccccc14)c1cc(-n4c5ccc(C(C)(C)C)cc5c5cc(C(C)(C)C)ccc54)ccc1B3c1ccc(-n3c4ccc(C(C)(C)C)cc4c4cc(C(C)(C)C)ccc43)cc1N2c1c(-c2ccccc2)cccc1-c1cccc2c1ccc1ccccc12. The lowest BCUT2D eigenvalue weighted by Gasteiger charge is -2.46. The maximum absolute atomic E-state index is 2.76. The topological polar surface area (TPSA) is 16.3 Å². The molecule has 5 heteroatoms. The molecule has 2 aliphatic heterocycles. The van der Waals surface area contributed by atoms with E-state index in [-0.39, 0.29) is 33.8 Å². The number of aromatic nitrogens is 2. The van der Waals surface area contributed by atoms with E-state index in [4.69, 9.17) is 0 Å². The standard InChI is InChI=1S/C114H99BN4/c1-110(2,3)74-48-58-99-93(62-74)94-63-75(111(4,5)6)49-59-100(94)116(99)79-52-56-97-103(68-79)118(108-83(70-30-18-16-19-31-70)38-26-44-91(108)87-42-28-40-85-81-36-24-22-34-72(81)46-54-89(85)87)105-66-78(114(13,14)15)67-106-107(105)115(97)98-57-53-80(117-101-60-50-76(112(7,8)9)64-95(101)96-65-77(113(10,11)12)51-61-102(96)117)69-104(98)119(106)109-84(71-32-20-17-21-33-71)39-27-45-92(109)88-43-29-41-86-82-37-25-23-35-73(82)47-55-90(86)88/h16-69H,1-15H3. The van der Waals surface area contributed by atoms with Crippen LogP contribution in [0.4, 0.5) is 34.1 Å². The van der Waals surface area contributed by atoms with Crippen molar-refractivity contribution < 1.29 is 0 Å². The van der Waals surface area contributed by atoms with Crippen molar-refractivity contribution in [2.45, 2.75) is 131 Å². The number of para-hydroxylation sites is 2. The van der Waals surface area contributed by atoms with Crippen molar-refractivity contribution in [2.24, 2.45) is 0 Å². The van der Waals surface area contributed by atoms with Crippen LogP contribution in [0.2, 0.25) is 0 Å². The minimum absolute atomic E-state index is 0.0748. The van der Waals surface area contributed by atoms with E-state index in [9.17, 15) is 0 Å². The van der Waals surface area contributed by atoms with E-state index in [0.717, 1.165) is 78.9 Å². The summed E-state index contributed by atoms with van der Waals surface area (Å²) >= 11 is 0. The number of rotatable bonds is 8. The third kappa shape index (κ3) is 11.8. The van der Waals surface area contributed by atoms with Crippen molar-refractivity contribution >= 4 is 144 Å². The van der Waals surface area contributed by atoms with E-state index >= 15 is 0 Å². The second-order valence-electron chi connectivity index (χ2n) is 38.9. The monoisotopic (exact) mass is 1530 g/mol. The molecule has 0 amide bonds. The van der Waals surface area contributed by atoms with Crippen molar-refractivity contribution in [3.05, 3.63) is 355 Å². The van der Waals surface area contributed by atoms with Crippen LogP contribution in [-0.4, -0.2) is 15.8 Å². The molecular weight excluding hydrogens is 1440 g/mol. The summed E-state index contributed by atoms with van der Waals surface area (Å²) in [4.78, 5) is 5.52. The summed E-state index contributed by atoms with van der Waals surface area (Å²) in [5.74, 6) is 0. The average molecular weight is 1540 g/mol. The lowest BCUT2D eigenvalue weighted by molar-refractivity contribution is 0.590. The number of fused-ring (bicyclic) bond motifs is 16. The third-order valence-corrected chi connectivity index (χ3v) is 26.3. The van der Waals surface area contributed by atoms with Gasteiger partial charge in [-0.15, -0.1) is 0 Å². The van der Waals surface area contributed by atoms with Crippen LogP contribution in [0.5, 0.6) is 0 Å². The van der Waals surface area contributed by atoms with Gasteiger partial charge >= 0.3 is 0 Å². The second-order valence-corrected chi connectivity index (χ2v) is 38.9. The molecule has 0 fully saturated rings. The Bertz CT molecular complexity index is 6860. The van der Waals surface area contributed by atoms with Gasteiger partial charge in [0.1, 0.15) is 0 Å². The Labute approximate surface area is 700 Å². The Morgan fingerprint density at radius 3 is 0.891 bits per heavy atom. The summed E-state index contributed by atoms with van der Waals surface area (Å²) < 4.78 is 5.16. The van der Waals surface area contributed by atoms with Crippen LogP contribution in [0, 0.1) is 0 Å². The van der Waals surface area contributed by atoms with Crippen LogP contribution in [0.1, 0.15) is 132 Å². The molecule has 17 aromatic carbocycles. The molecule has 0 spiro atoms. The highest BCUT2D eigenvalue weighted by molar-refractivity contribution is 7.00. The van der Waals surface area contributed by atoms with Gasteiger partial charge in [0.25, 0.3) is 6.71 Å². The van der Waals surface area contributed by atoms with Crippen molar-refractivity contribution in [2.75, 3.05) is 9.80 Å². The smallest absolute Gasteiger partial charge is 0.252 e. The van der Waals surface area contributed by atoms with Crippen LogP contribution in [0.15, 0.2) is 328 Å². The highest BCUT2D eigenvalue weighted by Crippen LogP contribution is 2.56. The van der Waals surface area contributed by atoms with Crippen molar-refractivity contribution in [1.29, 1.82) is 0 Å². The van der Waals surface area contributed by atoms with Crippen LogP contribution in [0.3, 0.4) is 0 Å².